The Morgan fingerprint density at radius 1 is 1.37 bits per heavy atom. The standard InChI is InChI=1S/C13H23N5O/c1-10(2)7-15-13(19)9-14-8-12-17-16-11-5-3-4-6-18(11)12/h10,14H,3-9H2,1-2H3,(H,15,19). The summed E-state index contributed by atoms with van der Waals surface area (Å²) in [6, 6.07) is 0. The molecule has 6 nitrogen and oxygen atoms in total. The van der Waals surface area contributed by atoms with E-state index in [1.807, 2.05) is 0 Å². The average molecular weight is 265 g/mol. The van der Waals surface area contributed by atoms with Gasteiger partial charge in [-0.25, -0.2) is 0 Å². The summed E-state index contributed by atoms with van der Waals surface area (Å²) in [6.07, 6.45) is 3.40. The summed E-state index contributed by atoms with van der Waals surface area (Å²) in [5.74, 6) is 2.53. The zero-order valence-electron chi connectivity index (χ0n) is 11.8. The van der Waals surface area contributed by atoms with Gasteiger partial charge in [0.25, 0.3) is 0 Å². The highest BCUT2D eigenvalue weighted by Gasteiger charge is 2.15. The molecule has 0 aliphatic carbocycles. The van der Waals surface area contributed by atoms with Gasteiger partial charge in [-0.2, -0.15) is 0 Å². The molecule has 2 N–H and O–H groups in total. The third-order valence-corrected chi connectivity index (χ3v) is 3.21. The highest BCUT2D eigenvalue weighted by molar-refractivity contribution is 5.77. The van der Waals surface area contributed by atoms with Crippen LogP contribution >= 0.6 is 0 Å². The Bertz CT molecular complexity index is 427. The van der Waals surface area contributed by atoms with E-state index in [-0.39, 0.29) is 5.91 Å². The van der Waals surface area contributed by atoms with E-state index in [1.165, 1.54) is 12.8 Å². The second-order valence-corrected chi connectivity index (χ2v) is 5.44. The molecule has 0 unspecified atom stereocenters. The summed E-state index contributed by atoms with van der Waals surface area (Å²) < 4.78 is 2.17. The van der Waals surface area contributed by atoms with Crippen molar-refractivity contribution in [2.24, 2.45) is 5.92 Å². The number of nitrogens with one attached hydrogen (secondary N) is 2. The Morgan fingerprint density at radius 2 is 2.21 bits per heavy atom. The number of amides is 1. The van der Waals surface area contributed by atoms with Gasteiger partial charge in [-0.05, 0) is 18.8 Å². The van der Waals surface area contributed by atoms with E-state index in [2.05, 4.69) is 39.2 Å². The molecule has 6 heteroatoms. The number of carbonyl (C=O) groups excluding carboxylic acids is 1. The Hall–Kier alpha value is -1.43. The van der Waals surface area contributed by atoms with E-state index in [1.54, 1.807) is 0 Å². The maximum absolute atomic E-state index is 11.5. The van der Waals surface area contributed by atoms with E-state index in [4.69, 9.17) is 0 Å². The number of aromatic nitrogens is 3. The molecule has 19 heavy (non-hydrogen) atoms. The van der Waals surface area contributed by atoms with Gasteiger partial charge in [-0.1, -0.05) is 13.8 Å². The second kappa shape index (κ2) is 6.65. The molecule has 2 heterocycles. The number of aryl methyl sites for hydroxylation is 1. The number of fused-ring (bicyclic) bond motifs is 1. The molecule has 0 atom stereocenters. The van der Waals surface area contributed by atoms with Crippen LogP contribution in [0.4, 0.5) is 0 Å². The maximum atomic E-state index is 11.5. The van der Waals surface area contributed by atoms with E-state index in [9.17, 15) is 4.79 Å². The smallest absolute Gasteiger partial charge is 0.233 e. The molecule has 2 rings (SSSR count). The predicted octanol–water partition coefficient (Wildman–Crippen LogP) is 0.476. The van der Waals surface area contributed by atoms with Gasteiger partial charge in [0.05, 0.1) is 13.1 Å². The summed E-state index contributed by atoms with van der Waals surface area (Å²) in [5, 5.41) is 14.4. The first-order chi connectivity index (χ1) is 9.16. The largest absolute Gasteiger partial charge is 0.355 e. The van der Waals surface area contributed by atoms with Crippen LogP contribution in [-0.4, -0.2) is 33.8 Å². The highest BCUT2D eigenvalue weighted by atomic mass is 16.1. The van der Waals surface area contributed by atoms with Crippen molar-refractivity contribution in [3.8, 4) is 0 Å². The first-order valence-corrected chi connectivity index (χ1v) is 7.05. The minimum absolute atomic E-state index is 0.0343. The summed E-state index contributed by atoms with van der Waals surface area (Å²) in [5.41, 5.74) is 0. The Labute approximate surface area is 114 Å². The number of nitrogens with zero attached hydrogens (tertiary/aromatic N) is 3. The molecule has 1 amide bonds. The van der Waals surface area contributed by atoms with Gasteiger partial charge >= 0.3 is 0 Å². The summed E-state index contributed by atoms with van der Waals surface area (Å²) in [7, 11) is 0. The van der Waals surface area contributed by atoms with Crippen molar-refractivity contribution in [3.63, 3.8) is 0 Å². The monoisotopic (exact) mass is 265 g/mol. The number of hydrogen-bond donors (Lipinski definition) is 2. The van der Waals surface area contributed by atoms with Crippen LogP contribution in [0.25, 0.3) is 0 Å². The quantitative estimate of drug-likeness (QED) is 0.784. The van der Waals surface area contributed by atoms with Crippen LogP contribution < -0.4 is 10.6 Å². The van der Waals surface area contributed by atoms with Crippen molar-refractivity contribution >= 4 is 5.91 Å². The molecule has 0 spiro atoms. The molecule has 1 aromatic heterocycles. The van der Waals surface area contributed by atoms with Crippen molar-refractivity contribution < 1.29 is 4.79 Å². The molecule has 0 bridgehead atoms. The summed E-state index contributed by atoms with van der Waals surface area (Å²) in [6.45, 7) is 6.81. The van der Waals surface area contributed by atoms with Crippen molar-refractivity contribution in [1.29, 1.82) is 0 Å². The van der Waals surface area contributed by atoms with E-state index in [0.29, 0.717) is 19.0 Å². The third kappa shape index (κ3) is 4.02. The normalized spacial score (nSPS) is 14.5. The molecular formula is C13H23N5O. The zero-order valence-corrected chi connectivity index (χ0v) is 11.8. The molecule has 0 aromatic carbocycles. The van der Waals surface area contributed by atoms with Crippen molar-refractivity contribution in [2.45, 2.75) is 46.2 Å². The van der Waals surface area contributed by atoms with Gasteiger partial charge in [0.1, 0.15) is 11.6 Å². The molecular weight excluding hydrogens is 242 g/mol. The van der Waals surface area contributed by atoms with Crippen LogP contribution in [-0.2, 0) is 24.3 Å². The van der Waals surface area contributed by atoms with E-state index < -0.39 is 0 Å². The summed E-state index contributed by atoms with van der Waals surface area (Å²) in [4.78, 5) is 11.5. The lowest BCUT2D eigenvalue weighted by atomic mass is 10.2. The molecule has 0 saturated carbocycles. The van der Waals surface area contributed by atoms with Crippen LogP contribution in [0.3, 0.4) is 0 Å². The van der Waals surface area contributed by atoms with Crippen LogP contribution in [0, 0.1) is 5.92 Å². The Morgan fingerprint density at radius 3 is 3.00 bits per heavy atom. The predicted molar refractivity (Wildman–Crippen MR) is 72.5 cm³/mol. The first-order valence-electron chi connectivity index (χ1n) is 7.05. The topological polar surface area (TPSA) is 71.8 Å². The highest BCUT2D eigenvalue weighted by Crippen LogP contribution is 2.13. The molecule has 0 fully saturated rings. The minimum Gasteiger partial charge on any atom is -0.355 e. The van der Waals surface area contributed by atoms with Gasteiger partial charge in [0.2, 0.25) is 5.91 Å². The Balaban J connectivity index is 1.74. The molecule has 0 saturated heterocycles. The van der Waals surface area contributed by atoms with Crippen LogP contribution in [0.5, 0.6) is 0 Å². The van der Waals surface area contributed by atoms with Gasteiger partial charge in [-0.15, -0.1) is 10.2 Å². The SMILES string of the molecule is CC(C)CNC(=O)CNCc1nnc2n1CCCC2. The second-order valence-electron chi connectivity index (χ2n) is 5.44. The fraction of sp³-hybridized carbons (Fsp3) is 0.769. The summed E-state index contributed by atoms with van der Waals surface area (Å²) >= 11 is 0. The van der Waals surface area contributed by atoms with Crippen LogP contribution in [0.15, 0.2) is 0 Å². The van der Waals surface area contributed by atoms with Gasteiger partial charge in [-0.3, -0.25) is 4.79 Å². The fourth-order valence-corrected chi connectivity index (χ4v) is 2.17. The number of hydrogen-bond acceptors (Lipinski definition) is 4. The lowest BCUT2D eigenvalue weighted by molar-refractivity contribution is -0.120. The van der Waals surface area contributed by atoms with E-state index >= 15 is 0 Å². The molecule has 1 aliphatic heterocycles. The van der Waals surface area contributed by atoms with Crippen molar-refractivity contribution in [3.05, 3.63) is 11.6 Å². The average Bonchev–Trinajstić information content (AvgIpc) is 2.80. The molecule has 0 radical (unpaired) electrons. The lowest BCUT2D eigenvalue weighted by Gasteiger charge is -2.14. The number of carbonyl (C=O) groups is 1. The van der Waals surface area contributed by atoms with Gasteiger partial charge < -0.3 is 15.2 Å². The zero-order chi connectivity index (χ0) is 13.7. The van der Waals surface area contributed by atoms with Gasteiger partial charge in [0, 0.05) is 19.5 Å². The fourth-order valence-electron chi connectivity index (χ4n) is 2.17. The van der Waals surface area contributed by atoms with Crippen molar-refractivity contribution in [1.82, 2.24) is 25.4 Å². The third-order valence-electron chi connectivity index (χ3n) is 3.21. The number of rotatable bonds is 6. The molecule has 106 valence electrons. The maximum Gasteiger partial charge on any atom is 0.233 e. The lowest BCUT2D eigenvalue weighted by Crippen LogP contribution is -2.36. The molecule has 1 aliphatic rings. The first kappa shape index (κ1) is 14.0. The minimum atomic E-state index is 0.0343. The Kier molecular flexibility index (Phi) is 4.90. The van der Waals surface area contributed by atoms with Crippen molar-refractivity contribution in [2.75, 3.05) is 13.1 Å². The van der Waals surface area contributed by atoms with Crippen LogP contribution in [0.2, 0.25) is 0 Å². The van der Waals surface area contributed by atoms with Crippen LogP contribution in [0.1, 0.15) is 38.3 Å². The molecule has 1 aromatic rings. The van der Waals surface area contributed by atoms with E-state index in [0.717, 1.165) is 31.2 Å². The van der Waals surface area contributed by atoms with Gasteiger partial charge in [0.15, 0.2) is 0 Å².